The zero-order valence-corrected chi connectivity index (χ0v) is 14.1. The number of carbonyl (C=O) groups is 2. The maximum atomic E-state index is 12.6. The molecule has 23 heavy (non-hydrogen) atoms. The number of benzene rings is 1. The van der Waals surface area contributed by atoms with Crippen molar-refractivity contribution < 1.29 is 14.3 Å². The molecule has 0 spiro atoms. The summed E-state index contributed by atoms with van der Waals surface area (Å²) in [6.07, 6.45) is 0.124. The van der Waals surface area contributed by atoms with Gasteiger partial charge >= 0.3 is 0 Å². The largest absolute Gasteiger partial charge is 0.374 e. The van der Waals surface area contributed by atoms with E-state index in [1.54, 1.807) is 12.1 Å². The van der Waals surface area contributed by atoms with Crippen LogP contribution in [0.5, 0.6) is 0 Å². The molecule has 1 aromatic rings. The second-order valence-corrected chi connectivity index (χ2v) is 6.13. The van der Waals surface area contributed by atoms with E-state index in [1.165, 1.54) is 6.92 Å². The van der Waals surface area contributed by atoms with Gasteiger partial charge in [0.2, 0.25) is 11.8 Å². The van der Waals surface area contributed by atoms with Crippen LogP contribution in [0.3, 0.4) is 0 Å². The number of hydrogen-bond donors (Lipinski definition) is 2. The van der Waals surface area contributed by atoms with Crippen LogP contribution in [-0.4, -0.2) is 48.1 Å². The molecule has 1 aliphatic heterocycles. The molecule has 3 atom stereocenters. The van der Waals surface area contributed by atoms with Crippen molar-refractivity contribution in [1.29, 1.82) is 0 Å². The van der Waals surface area contributed by atoms with Crippen LogP contribution in [0.4, 0.5) is 11.4 Å². The molecule has 0 unspecified atom stereocenters. The maximum Gasteiger partial charge on any atom is 0.244 e. The molecule has 0 radical (unpaired) electrons. The highest BCUT2D eigenvalue weighted by Crippen LogP contribution is 2.16. The Morgan fingerprint density at radius 3 is 2.17 bits per heavy atom. The fourth-order valence-corrected chi connectivity index (χ4v) is 2.80. The van der Waals surface area contributed by atoms with Gasteiger partial charge < -0.3 is 20.3 Å². The van der Waals surface area contributed by atoms with Gasteiger partial charge in [0, 0.05) is 31.4 Å². The standard InChI is InChI=1S/C17H25N3O3/c1-11-9-20(10-12(2)23-11)17(22)13(3)18-15-5-7-16(8-6-15)19-14(4)21/h5-8,11-13,18H,9-10H2,1-4H3,(H,19,21)/t11-,12-,13-/m1/s1. The van der Waals surface area contributed by atoms with E-state index < -0.39 is 0 Å². The van der Waals surface area contributed by atoms with Crippen molar-refractivity contribution >= 4 is 23.2 Å². The Bertz CT molecular complexity index is 549. The van der Waals surface area contributed by atoms with E-state index >= 15 is 0 Å². The highest BCUT2D eigenvalue weighted by molar-refractivity contribution is 5.89. The molecule has 0 saturated carbocycles. The van der Waals surface area contributed by atoms with E-state index in [-0.39, 0.29) is 30.1 Å². The third-order valence-electron chi connectivity index (χ3n) is 3.69. The van der Waals surface area contributed by atoms with Crippen molar-refractivity contribution in [3.05, 3.63) is 24.3 Å². The minimum absolute atomic E-state index is 0.0619. The molecule has 1 aromatic carbocycles. The highest BCUT2D eigenvalue weighted by atomic mass is 16.5. The first-order valence-electron chi connectivity index (χ1n) is 7.93. The number of anilines is 2. The van der Waals surface area contributed by atoms with E-state index in [9.17, 15) is 9.59 Å². The lowest BCUT2D eigenvalue weighted by Gasteiger charge is -2.36. The molecular weight excluding hydrogens is 294 g/mol. The van der Waals surface area contributed by atoms with Gasteiger partial charge in [-0.1, -0.05) is 0 Å². The maximum absolute atomic E-state index is 12.6. The van der Waals surface area contributed by atoms with E-state index in [1.807, 2.05) is 37.8 Å². The van der Waals surface area contributed by atoms with E-state index in [4.69, 9.17) is 4.74 Å². The molecule has 1 fully saturated rings. The molecule has 1 saturated heterocycles. The summed E-state index contributed by atoms with van der Waals surface area (Å²) in [7, 11) is 0. The Hall–Kier alpha value is -2.08. The Labute approximate surface area is 137 Å². The van der Waals surface area contributed by atoms with Crippen molar-refractivity contribution in [2.45, 2.75) is 45.9 Å². The first-order valence-corrected chi connectivity index (χ1v) is 7.93. The van der Waals surface area contributed by atoms with Crippen LogP contribution in [0.2, 0.25) is 0 Å². The minimum Gasteiger partial charge on any atom is -0.374 e. The molecule has 6 heteroatoms. The topological polar surface area (TPSA) is 70.7 Å². The summed E-state index contributed by atoms with van der Waals surface area (Å²) < 4.78 is 5.66. The number of nitrogens with zero attached hydrogens (tertiary/aromatic N) is 1. The number of morpholine rings is 1. The van der Waals surface area contributed by atoms with Crippen molar-refractivity contribution in [1.82, 2.24) is 4.90 Å². The molecule has 2 N–H and O–H groups in total. The predicted molar refractivity (Wildman–Crippen MR) is 90.4 cm³/mol. The van der Waals surface area contributed by atoms with Gasteiger partial charge in [-0.05, 0) is 45.0 Å². The molecule has 0 aromatic heterocycles. The summed E-state index contributed by atoms with van der Waals surface area (Å²) in [5.41, 5.74) is 1.58. The summed E-state index contributed by atoms with van der Waals surface area (Å²) in [4.78, 5) is 25.4. The summed E-state index contributed by atoms with van der Waals surface area (Å²) >= 11 is 0. The monoisotopic (exact) mass is 319 g/mol. The quantitative estimate of drug-likeness (QED) is 0.891. The fraction of sp³-hybridized carbons (Fsp3) is 0.529. The molecular formula is C17H25N3O3. The molecule has 0 bridgehead atoms. The molecule has 2 amide bonds. The third kappa shape index (κ3) is 4.96. The Balaban J connectivity index is 1.94. The first kappa shape index (κ1) is 17.3. The van der Waals surface area contributed by atoms with Crippen LogP contribution in [0, 0.1) is 0 Å². The number of rotatable bonds is 4. The van der Waals surface area contributed by atoms with E-state index in [0.717, 1.165) is 11.4 Å². The van der Waals surface area contributed by atoms with E-state index in [2.05, 4.69) is 10.6 Å². The van der Waals surface area contributed by atoms with Crippen LogP contribution in [0.15, 0.2) is 24.3 Å². The van der Waals surface area contributed by atoms with E-state index in [0.29, 0.717) is 13.1 Å². The summed E-state index contributed by atoms with van der Waals surface area (Å²) in [6.45, 7) is 8.53. The van der Waals surface area contributed by atoms with Gasteiger partial charge in [0.15, 0.2) is 0 Å². The van der Waals surface area contributed by atoms with Crippen LogP contribution < -0.4 is 10.6 Å². The Morgan fingerprint density at radius 1 is 1.13 bits per heavy atom. The zero-order valence-electron chi connectivity index (χ0n) is 14.1. The van der Waals surface area contributed by atoms with Crippen LogP contribution in [-0.2, 0) is 14.3 Å². The first-order chi connectivity index (χ1) is 10.8. The van der Waals surface area contributed by atoms with Crippen LogP contribution >= 0.6 is 0 Å². The number of hydrogen-bond acceptors (Lipinski definition) is 4. The average molecular weight is 319 g/mol. The van der Waals surface area contributed by atoms with Gasteiger partial charge in [-0.2, -0.15) is 0 Å². The molecule has 1 aliphatic rings. The second-order valence-electron chi connectivity index (χ2n) is 6.13. The number of nitrogens with one attached hydrogen (secondary N) is 2. The highest BCUT2D eigenvalue weighted by Gasteiger charge is 2.28. The zero-order chi connectivity index (χ0) is 17.0. The van der Waals surface area contributed by atoms with Crippen molar-refractivity contribution in [2.24, 2.45) is 0 Å². The second kappa shape index (κ2) is 7.46. The molecule has 2 rings (SSSR count). The van der Waals surface area contributed by atoms with Gasteiger partial charge in [-0.15, -0.1) is 0 Å². The van der Waals surface area contributed by atoms with Crippen molar-refractivity contribution in [3.63, 3.8) is 0 Å². The number of carbonyl (C=O) groups excluding carboxylic acids is 2. The van der Waals surface area contributed by atoms with Crippen LogP contribution in [0.25, 0.3) is 0 Å². The SMILES string of the molecule is CC(=O)Nc1ccc(N[C@H](C)C(=O)N2C[C@@H](C)O[C@H](C)C2)cc1. The van der Waals surface area contributed by atoms with Gasteiger partial charge in [-0.3, -0.25) is 9.59 Å². The van der Waals surface area contributed by atoms with Crippen molar-refractivity contribution in [2.75, 3.05) is 23.7 Å². The normalized spacial score (nSPS) is 22.3. The smallest absolute Gasteiger partial charge is 0.244 e. The lowest BCUT2D eigenvalue weighted by atomic mass is 10.2. The van der Waals surface area contributed by atoms with Crippen LogP contribution in [0.1, 0.15) is 27.7 Å². The summed E-state index contributed by atoms with van der Waals surface area (Å²) in [6, 6.07) is 6.98. The molecule has 1 heterocycles. The lowest BCUT2D eigenvalue weighted by molar-refractivity contribution is -0.143. The minimum atomic E-state index is -0.320. The molecule has 126 valence electrons. The fourth-order valence-electron chi connectivity index (χ4n) is 2.80. The van der Waals surface area contributed by atoms with Gasteiger partial charge in [0.05, 0.1) is 12.2 Å². The van der Waals surface area contributed by atoms with Gasteiger partial charge in [0.1, 0.15) is 6.04 Å². The summed E-state index contributed by atoms with van der Waals surface area (Å²) in [5.74, 6) is -0.0391. The Morgan fingerprint density at radius 2 is 1.65 bits per heavy atom. The lowest BCUT2D eigenvalue weighted by Crippen LogP contribution is -2.52. The van der Waals surface area contributed by atoms with Gasteiger partial charge in [-0.25, -0.2) is 0 Å². The number of ether oxygens (including phenoxy) is 1. The molecule has 0 aliphatic carbocycles. The third-order valence-corrected chi connectivity index (χ3v) is 3.69. The Kier molecular flexibility index (Phi) is 5.60. The number of amides is 2. The molecule has 6 nitrogen and oxygen atoms in total. The predicted octanol–water partition coefficient (Wildman–Crippen LogP) is 2.08. The van der Waals surface area contributed by atoms with Crippen molar-refractivity contribution in [3.8, 4) is 0 Å². The average Bonchev–Trinajstić information content (AvgIpc) is 2.47. The van der Waals surface area contributed by atoms with Gasteiger partial charge in [0.25, 0.3) is 0 Å². The summed E-state index contributed by atoms with van der Waals surface area (Å²) in [5, 5.41) is 5.92.